The number of rotatable bonds is 6. The van der Waals surface area contributed by atoms with Gasteiger partial charge in [-0.05, 0) is 50.3 Å². The number of benzene rings is 1. The number of aryl methyl sites for hydroxylation is 2. The van der Waals surface area contributed by atoms with Gasteiger partial charge in [0, 0.05) is 38.3 Å². The summed E-state index contributed by atoms with van der Waals surface area (Å²) < 4.78 is 16.0. The number of guanidine groups is 1. The Bertz CT molecular complexity index is 805. The summed E-state index contributed by atoms with van der Waals surface area (Å²) in [5.41, 5.74) is 4.26. The molecule has 0 amide bonds. The molecule has 0 spiro atoms. The minimum absolute atomic E-state index is 0.0977. The van der Waals surface area contributed by atoms with Crippen LogP contribution in [0.2, 0.25) is 0 Å². The fourth-order valence-corrected chi connectivity index (χ4v) is 3.54. The third kappa shape index (κ3) is 3.74. The summed E-state index contributed by atoms with van der Waals surface area (Å²) in [6.45, 7) is 5.60. The number of hydrogen-bond donors (Lipinski definition) is 2. The molecule has 2 aromatic rings. The van der Waals surface area contributed by atoms with E-state index in [0.29, 0.717) is 6.54 Å². The monoisotopic (exact) mass is 357 g/mol. The standard InChI is InChI=1S/C20H28FN5/c1-14-16(15(2)26(4)25-14)9-12-23-19(22-3)24-13-20(10-11-20)17-7-5-6-8-18(17)21/h5-8H,9-13H2,1-4H3,(H2,22,23,24). The van der Waals surface area contributed by atoms with Gasteiger partial charge in [0.1, 0.15) is 5.82 Å². The molecule has 1 aromatic heterocycles. The van der Waals surface area contributed by atoms with Crippen LogP contribution in [0.4, 0.5) is 4.39 Å². The highest BCUT2D eigenvalue weighted by atomic mass is 19.1. The molecule has 0 unspecified atom stereocenters. The molecule has 0 saturated heterocycles. The van der Waals surface area contributed by atoms with E-state index in [1.807, 2.05) is 30.8 Å². The Morgan fingerprint density at radius 2 is 2.00 bits per heavy atom. The Balaban J connectivity index is 1.54. The first kappa shape index (κ1) is 18.4. The third-order valence-corrected chi connectivity index (χ3v) is 5.44. The maximum Gasteiger partial charge on any atom is 0.191 e. The molecule has 0 aliphatic heterocycles. The number of nitrogens with one attached hydrogen (secondary N) is 2. The number of aliphatic imine (C=N–C) groups is 1. The molecule has 5 nitrogen and oxygen atoms in total. The molecule has 0 bridgehead atoms. The summed E-state index contributed by atoms with van der Waals surface area (Å²) in [5.74, 6) is 0.643. The molecular weight excluding hydrogens is 329 g/mol. The van der Waals surface area contributed by atoms with Crippen LogP contribution < -0.4 is 10.6 Å². The fraction of sp³-hybridized carbons (Fsp3) is 0.500. The zero-order valence-corrected chi connectivity index (χ0v) is 16.1. The molecule has 26 heavy (non-hydrogen) atoms. The molecule has 1 heterocycles. The Kier molecular flexibility index (Phi) is 5.30. The van der Waals surface area contributed by atoms with Crippen LogP contribution in [0, 0.1) is 19.7 Å². The van der Waals surface area contributed by atoms with Crippen molar-refractivity contribution in [1.29, 1.82) is 0 Å². The van der Waals surface area contributed by atoms with Gasteiger partial charge >= 0.3 is 0 Å². The molecule has 6 heteroatoms. The van der Waals surface area contributed by atoms with E-state index in [0.717, 1.165) is 43.0 Å². The van der Waals surface area contributed by atoms with Crippen molar-refractivity contribution in [2.75, 3.05) is 20.1 Å². The van der Waals surface area contributed by atoms with E-state index in [9.17, 15) is 4.39 Å². The lowest BCUT2D eigenvalue weighted by Gasteiger charge is -2.19. The average molecular weight is 357 g/mol. The van der Waals surface area contributed by atoms with Crippen molar-refractivity contribution in [3.63, 3.8) is 0 Å². The number of aromatic nitrogens is 2. The minimum Gasteiger partial charge on any atom is -0.356 e. The number of halogens is 1. The Hall–Kier alpha value is -2.37. The van der Waals surface area contributed by atoms with Gasteiger partial charge in [-0.15, -0.1) is 0 Å². The third-order valence-electron chi connectivity index (χ3n) is 5.44. The van der Waals surface area contributed by atoms with Gasteiger partial charge in [-0.3, -0.25) is 9.67 Å². The molecule has 0 atom stereocenters. The first-order chi connectivity index (χ1) is 12.5. The maximum absolute atomic E-state index is 14.1. The van der Waals surface area contributed by atoms with Gasteiger partial charge in [0.15, 0.2) is 5.96 Å². The maximum atomic E-state index is 14.1. The molecule has 140 valence electrons. The van der Waals surface area contributed by atoms with Crippen molar-refractivity contribution in [3.8, 4) is 0 Å². The van der Waals surface area contributed by atoms with Gasteiger partial charge in [-0.1, -0.05) is 18.2 Å². The summed E-state index contributed by atoms with van der Waals surface area (Å²) in [6, 6.07) is 7.09. The van der Waals surface area contributed by atoms with Crippen LogP contribution in [0.3, 0.4) is 0 Å². The molecule has 3 rings (SSSR count). The first-order valence-electron chi connectivity index (χ1n) is 9.15. The lowest BCUT2D eigenvalue weighted by Crippen LogP contribution is -2.42. The minimum atomic E-state index is -0.114. The topological polar surface area (TPSA) is 54.2 Å². The predicted molar refractivity (Wildman–Crippen MR) is 103 cm³/mol. The second kappa shape index (κ2) is 7.48. The van der Waals surface area contributed by atoms with Crippen LogP contribution >= 0.6 is 0 Å². The van der Waals surface area contributed by atoms with Crippen LogP contribution in [-0.4, -0.2) is 35.9 Å². The normalized spacial score (nSPS) is 15.8. The van der Waals surface area contributed by atoms with E-state index in [-0.39, 0.29) is 11.2 Å². The highest BCUT2D eigenvalue weighted by molar-refractivity contribution is 5.79. The van der Waals surface area contributed by atoms with Crippen molar-refractivity contribution in [2.24, 2.45) is 12.0 Å². The molecule has 1 aromatic carbocycles. The van der Waals surface area contributed by atoms with E-state index >= 15 is 0 Å². The number of hydrogen-bond acceptors (Lipinski definition) is 2. The summed E-state index contributed by atoms with van der Waals surface area (Å²) in [7, 11) is 3.73. The molecule has 0 radical (unpaired) electrons. The van der Waals surface area contributed by atoms with Crippen LogP contribution in [-0.2, 0) is 18.9 Å². The fourth-order valence-electron chi connectivity index (χ4n) is 3.54. The van der Waals surface area contributed by atoms with Gasteiger partial charge < -0.3 is 10.6 Å². The second-order valence-electron chi connectivity index (χ2n) is 7.14. The van der Waals surface area contributed by atoms with Gasteiger partial charge in [0.2, 0.25) is 0 Å². The summed E-state index contributed by atoms with van der Waals surface area (Å²) in [5, 5.41) is 11.2. The smallest absolute Gasteiger partial charge is 0.191 e. The Morgan fingerprint density at radius 1 is 1.27 bits per heavy atom. The average Bonchev–Trinajstić information content (AvgIpc) is 3.37. The first-order valence-corrected chi connectivity index (χ1v) is 9.15. The number of nitrogens with zero attached hydrogens (tertiary/aromatic N) is 3. The molecular formula is C20H28FN5. The highest BCUT2D eigenvalue weighted by Gasteiger charge is 2.45. The molecule has 1 aliphatic carbocycles. The van der Waals surface area contributed by atoms with E-state index < -0.39 is 0 Å². The van der Waals surface area contributed by atoms with Crippen molar-refractivity contribution in [1.82, 2.24) is 20.4 Å². The zero-order valence-electron chi connectivity index (χ0n) is 16.1. The van der Waals surface area contributed by atoms with Gasteiger partial charge in [0.05, 0.1) is 5.69 Å². The zero-order chi connectivity index (χ0) is 18.7. The van der Waals surface area contributed by atoms with Crippen molar-refractivity contribution < 1.29 is 4.39 Å². The second-order valence-corrected chi connectivity index (χ2v) is 7.14. The molecule has 1 fully saturated rings. The quantitative estimate of drug-likeness (QED) is 0.617. The largest absolute Gasteiger partial charge is 0.356 e. The molecule has 1 aliphatic rings. The van der Waals surface area contributed by atoms with Crippen LogP contribution in [0.15, 0.2) is 29.3 Å². The van der Waals surface area contributed by atoms with Crippen LogP contribution in [0.5, 0.6) is 0 Å². The lowest BCUT2D eigenvalue weighted by atomic mass is 9.95. The van der Waals surface area contributed by atoms with Gasteiger partial charge in [0.25, 0.3) is 0 Å². The van der Waals surface area contributed by atoms with Gasteiger partial charge in [-0.25, -0.2) is 4.39 Å². The highest BCUT2D eigenvalue weighted by Crippen LogP contribution is 2.48. The molecule has 2 N–H and O–H groups in total. The SMILES string of the molecule is CN=C(NCCc1c(C)nn(C)c1C)NCC1(c2ccccc2F)CC1. The van der Waals surface area contributed by atoms with Crippen molar-refractivity contribution >= 4 is 5.96 Å². The van der Waals surface area contributed by atoms with Crippen molar-refractivity contribution in [2.45, 2.75) is 38.5 Å². The summed E-state index contributed by atoms with van der Waals surface area (Å²) >= 11 is 0. The van der Waals surface area contributed by atoms with Crippen molar-refractivity contribution in [3.05, 3.63) is 52.6 Å². The van der Waals surface area contributed by atoms with E-state index in [1.54, 1.807) is 19.2 Å². The van der Waals surface area contributed by atoms with E-state index in [4.69, 9.17) is 0 Å². The van der Waals surface area contributed by atoms with Crippen LogP contribution in [0.25, 0.3) is 0 Å². The predicted octanol–water partition coefficient (Wildman–Crippen LogP) is 2.62. The summed E-state index contributed by atoms with van der Waals surface area (Å²) in [6.07, 6.45) is 2.91. The molecule has 1 saturated carbocycles. The summed E-state index contributed by atoms with van der Waals surface area (Å²) in [4.78, 5) is 4.30. The Labute approximate surface area is 154 Å². The Morgan fingerprint density at radius 3 is 2.58 bits per heavy atom. The lowest BCUT2D eigenvalue weighted by molar-refractivity contribution is 0.559. The van der Waals surface area contributed by atoms with E-state index in [2.05, 4.69) is 27.6 Å². The van der Waals surface area contributed by atoms with Gasteiger partial charge in [-0.2, -0.15) is 5.10 Å². The van der Waals surface area contributed by atoms with E-state index in [1.165, 1.54) is 11.3 Å². The van der Waals surface area contributed by atoms with Crippen LogP contribution in [0.1, 0.15) is 35.4 Å².